The molecular weight excluding hydrogens is 358 g/mol. The highest BCUT2D eigenvalue weighted by atomic mass is 16.5. The standard InChI is InChI=1S/C20H27N5O3/c1-14-17(13-22-20(23-14)25-9-7-24(2)8-10-25)19(26)21-12-15-5-6-16(27-3)11-18(15)28-4/h5-6,11,13H,7-10,12H2,1-4H3,(H,21,26). The lowest BCUT2D eigenvalue weighted by Gasteiger charge is -2.32. The van der Waals surface area contributed by atoms with Gasteiger partial charge in [0.25, 0.3) is 5.91 Å². The number of anilines is 1. The predicted molar refractivity (Wildman–Crippen MR) is 107 cm³/mol. The third-order valence-electron chi connectivity index (χ3n) is 4.93. The minimum atomic E-state index is -0.208. The second-order valence-electron chi connectivity index (χ2n) is 6.82. The number of piperazine rings is 1. The molecule has 1 aliphatic heterocycles. The Morgan fingerprint density at radius 3 is 2.57 bits per heavy atom. The van der Waals surface area contributed by atoms with Crippen molar-refractivity contribution >= 4 is 11.9 Å². The van der Waals surface area contributed by atoms with E-state index in [0.717, 1.165) is 31.7 Å². The molecule has 0 saturated carbocycles. The summed E-state index contributed by atoms with van der Waals surface area (Å²) in [5.41, 5.74) is 2.01. The minimum Gasteiger partial charge on any atom is -0.497 e. The van der Waals surface area contributed by atoms with Crippen LogP contribution in [0.5, 0.6) is 11.5 Å². The van der Waals surface area contributed by atoms with Crippen LogP contribution in [0.2, 0.25) is 0 Å². The van der Waals surface area contributed by atoms with Crippen LogP contribution in [0.15, 0.2) is 24.4 Å². The van der Waals surface area contributed by atoms with Crippen molar-refractivity contribution in [2.75, 3.05) is 52.3 Å². The van der Waals surface area contributed by atoms with E-state index in [9.17, 15) is 4.79 Å². The summed E-state index contributed by atoms with van der Waals surface area (Å²) in [6.07, 6.45) is 1.61. The minimum absolute atomic E-state index is 0.208. The SMILES string of the molecule is COc1ccc(CNC(=O)c2cnc(N3CCN(C)CC3)nc2C)c(OC)c1. The van der Waals surface area contributed by atoms with Gasteiger partial charge >= 0.3 is 0 Å². The average molecular weight is 385 g/mol. The summed E-state index contributed by atoms with van der Waals surface area (Å²) < 4.78 is 10.6. The predicted octanol–water partition coefficient (Wildman–Crippen LogP) is 1.48. The van der Waals surface area contributed by atoms with E-state index in [4.69, 9.17) is 9.47 Å². The topological polar surface area (TPSA) is 79.8 Å². The molecule has 0 atom stereocenters. The molecule has 1 fully saturated rings. The number of hydrogen-bond acceptors (Lipinski definition) is 7. The van der Waals surface area contributed by atoms with Gasteiger partial charge in [0, 0.05) is 50.6 Å². The number of hydrogen-bond donors (Lipinski definition) is 1. The number of nitrogens with zero attached hydrogens (tertiary/aromatic N) is 4. The molecular formula is C20H27N5O3. The van der Waals surface area contributed by atoms with E-state index >= 15 is 0 Å². The van der Waals surface area contributed by atoms with Gasteiger partial charge in [-0.1, -0.05) is 0 Å². The monoisotopic (exact) mass is 385 g/mol. The zero-order chi connectivity index (χ0) is 20.1. The molecule has 3 rings (SSSR count). The van der Waals surface area contributed by atoms with Gasteiger partial charge in [0.15, 0.2) is 0 Å². The van der Waals surface area contributed by atoms with E-state index in [-0.39, 0.29) is 5.91 Å². The number of nitrogens with one attached hydrogen (secondary N) is 1. The Morgan fingerprint density at radius 1 is 1.18 bits per heavy atom. The van der Waals surface area contributed by atoms with E-state index in [1.807, 2.05) is 19.1 Å². The number of aromatic nitrogens is 2. The van der Waals surface area contributed by atoms with Crippen molar-refractivity contribution in [1.82, 2.24) is 20.2 Å². The van der Waals surface area contributed by atoms with Gasteiger partial charge in [-0.3, -0.25) is 4.79 Å². The molecule has 0 bridgehead atoms. The fourth-order valence-electron chi connectivity index (χ4n) is 3.11. The first-order chi connectivity index (χ1) is 13.5. The van der Waals surface area contributed by atoms with E-state index in [0.29, 0.717) is 35.2 Å². The van der Waals surface area contributed by atoms with E-state index in [1.54, 1.807) is 26.5 Å². The summed E-state index contributed by atoms with van der Waals surface area (Å²) in [7, 11) is 5.30. The molecule has 8 nitrogen and oxygen atoms in total. The zero-order valence-corrected chi connectivity index (χ0v) is 16.9. The first-order valence-corrected chi connectivity index (χ1v) is 9.28. The lowest BCUT2D eigenvalue weighted by Crippen LogP contribution is -2.45. The van der Waals surface area contributed by atoms with Crippen LogP contribution in [0.1, 0.15) is 21.6 Å². The van der Waals surface area contributed by atoms with Crippen molar-refractivity contribution in [2.24, 2.45) is 0 Å². The molecule has 1 aromatic heterocycles. The van der Waals surface area contributed by atoms with Crippen molar-refractivity contribution in [1.29, 1.82) is 0 Å². The summed E-state index contributed by atoms with van der Waals surface area (Å²) in [6.45, 7) is 5.91. The maximum atomic E-state index is 12.6. The second kappa shape index (κ2) is 8.88. The number of ether oxygens (including phenoxy) is 2. The Morgan fingerprint density at radius 2 is 1.93 bits per heavy atom. The highest BCUT2D eigenvalue weighted by molar-refractivity contribution is 5.95. The van der Waals surface area contributed by atoms with Gasteiger partial charge in [-0.25, -0.2) is 9.97 Å². The molecule has 28 heavy (non-hydrogen) atoms. The molecule has 1 aliphatic rings. The van der Waals surface area contributed by atoms with Crippen LogP contribution in [0.4, 0.5) is 5.95 Å². The molecule has 1 amide bonds. The molecule has 0 aliphatic carbocycles. The third-order valence-corrected chi connectivity index (χ3v) is 4.93. The lowest BCUT2D eigenvalue weighted by molar-refractivity contribution is 0.0949. The molecule has 1 N–H and O–H groups in total. The Hall–Kier alpha value is -2.87. The van der Waals surface area contributed by atoms with Gasteiger partial charge in [-0.2, -0.15) is 0 Å². The van der Waals surface area contributed by atoms with Crippen LogP contribution in [0.3, 0.4) is 0 Å². The quantitative estimate of drug-likeness (QED) is 0.807. The maximum Gasteiger partial charge on any atom is 0.254 e. The summed E-state index contributed by atoms with van der Waals surface area (Å²) in [5.74, 6) is 1.84. The molecule has 0 radical (unpaired) electrons. The van der Waals surface area contributed by atoms with E-state index < -0.39 is 0 Å². The number of amides is 1. The van der Waals surface area contributed by atoms with Crippen LogP contribution in [0.25, 0.3) is 0 Å². The second-order valence-corrected chi connectivity index (χ2v) is 6.82. The zero-order valence-electron chi connectivity index (χ0n) is 16.9. The number of carbonyl (C=O) groups excluding carboxylic acids is 1. The van der Waals surface area contributed by atoms with Gasteiger partial charge in [0.2, 0.25) is 5.95 Å². The fraction of sp³-hybridized carbons (Fsp3) is 0.450. The molecule has 2 heterocycles. The van der Waals surface area contributed by atoms with Crippen molar-refractivity contribution in [2.45, 2.75) is 13.5 Å². The first-order valence-electron chi connectivity index (χ1n) is 9.28. The third kappa shape index (κ3) is 4.51. The summed E-state index contributed by atoms with van der Waals surface area (Å²) >= 11 is 0. The van der Waals surface area contributed by atoms with Crippen LogP contribution in [0, 0.1) is 6.92 Å². The van der Waals surface area contributed by atoms with E-state index in [1.165, 1.54) is 0 Å². The number of methoxy groups -OCH3 is 2. The Labute approximate surface area is 165 Å². The smallest absolute Gasteiger partial charge is 0.254 e. The van der Waals surface area contributed by atoms with Gasteiger partial charge in [-0.05, 0) is 26.1 Å². The average Bonchev–Trinajstić information content (AvgIpc) is 2.72. The number of carbonyl (C=O) groups is 1. The van der Waals surface area contributed by atoms with Gasteiger partial charge in [0.05, 0.1) is 25.5 Å². The first kappa shape index (κ1) is 19.9. The summed E-state index contributed by atoms with van der Waals surface area (Å²) in [6, 6.07) is 5.50. The molecule has 1 saturated heterocycles. The highest BCUT2D eigenvalue weighted by Gasteiger charge is 2.19. The van der Waals surface area contributed by atoms with Crippen molar-refractivity contribution in [3.05, 3.63) is 41.2 Å². The molecule has 8 heteroatoms. The largest absolute Gasteiger partial charge is 0.497 e. The lowest BCUT2D eigenvalue weighted by atomic mass is 10.1. The Kier molecular flexibility index (Phi) is 6.30. The Balaban J connectivity index is 1.66. The van der Waals surface area contributed by atoms with Crippen LogP contribution in [-0.4, -0.2) is 68.2 Å². The molecule has 150 valence electrons. The summed E-state index contributed by atoms with van der Waals surface area (Å²) in [4.78, 5) is 26.0. The Bertz CT molecular complexity index is 835. The number of aryl methyl sites for hydroxylation is 1. The maximum absolute atomic E-state index is 12.6. The van der Waals surface area contributed by atoms with Crippen LogP contribution in [-0.2, 0) is 6.54 Å². The van der Waals surface area contributed by atoms with E-state index in [2.05, 4.69) is 32.1 Å². The molecule has 0 unspecified atom stereocenters. The van der Waals surface area contributed by atoms with Crippen molar-refractivity contribution in [3.8, 4) is 11.5 Å². The number of rotatable bonds is 6. The van der Waals surface area contributed by atoms with Gasteiger partial charge < -0.3 is 24.6 Å². The van der Waals surface area contributed by atoms with Crippen molar-refractivity contribution in [3.63, 3.8) is 0 Å². The van der Waals surface area contributed by atoms with Gasteiger partial charge in [0.1, 0.15) is 11.5 Å². The normalized spacial score (nSPS) is 14.6. The van der Waals surface area contributed by atoms with Crippen LogP contribution >= 0.6 is 0 Å². The number of benzene rings is 1. The fourth-order valence-corrected chi connectivity index (χ4v) is 3.11. The molecule has 2 aromatic rings. The summed E-state index contributed by atoms with van der Waals surface area (Å²) in [5, 5.41) is 2.91. The molecule has 1 aromatic carbocycles. The van der Waals surface area contributed by atoms with Gasteiger partial charge in [-0.15, -0.1) is 0 Å². The molecule has 0 spiro atoms. The van der Waals surface area contributed by atoms with Crippen LogP contribution < -0.4 is 19.7 Å². The number of likely N-dealkylation sites (N-methyl/N-ethyl adjacent to an activating group) is 1. The van der Waals surface area contributed by atoms with Crippen molar-refractivity contribution < 1.29 is 14.3 Å². The highest BCUT2D eigenvalue weighted by Crippen LogP contribution is 2.24.